The molecular weight excluding hydrogens is 183 g/mol. The van der Waals surface area contributed by atoms with Crippen LogP contribution in [0.15, 0.2) is 29.2 Å². The smallest absolute Gasteiger partial charge is 0.124 e. The molecule has 0 spiro atoms. The highest BCUT2D eigenvalue weighted by Crippen LogP contribution is 2.32. The quantitative estimate of drug-likeness (QED) is 0.664. The molecule has 1 aromatic rings. The Bertz CT molecular complexity index is 281. The molecule has 0 aromatic heterocycles. The van der Waals surface area contributed by atoms with Gasteiger partial charge in [0.15, 0.2) is 0 Å². The summed E-state index contributed by atoms with van der Waals surface area (Å²) < 4.78 is 12.8. The first-order valence-corrected chi connectivity index (χ1v) is 5.71. The molecule has 0 radical (unpaired) electrons. The van der Waals surface area contributed by atoms with Crippen molar-refractivity contribution in [3.05, 3.63) is 30.1 Å². The van der Waals surface area contributed by atoms with Gasteiger partial charge in [-0.05, 0) is 37.0 Å². The van der Waals surface area contributed by atoms with Crippen LogP contribution in [-0.2, 0) is 0 Å². The Balaban J connectivity index is 1.86. The molecule has 0 N–H and O–H groups in total. The number of thioether (sulfide) groups is 1. The Hall–Kier alpha value is -0.500. The van der Waals surface area contributed by atoms with Gasteiger partial charge in [-0.15, -0.1) is 11.8 Å². The summed E-state index contributed by atoms with van der Waals surface area (Å²) in [6.07, 6.45) is 4.11. The fourth-order valence-corrected chi connectivity index (χ4v) is 2.56. The molecular formula is C11H13FS. The van der Waals surface area contributed by atoms with Gasteiger partial charge in [0.2, 0.25) is 0 Å². The van der Waals surface area contributed by atoms with E-state index >= 15 is 0 Å². The lowest BCUT2D eigenvalue weighted by Crippen LogP contribution is -2.13. The van der Waals surface area contributed by atoms with Crippen LogP contribution in [0.3, 0.4) is 0 Å². The highest BCUT2D eigenvalue weighted by Gasteiger charge is 2.17. The van der Waals surface area contributed by atoms with E-state index in [4.69, 9.17) is 0 Å². The molecule has 1 aromatic carbocycles. The van der Waals surface area contributed by atoms with E-state index in [2.05, 4.69) is 0 Å². The highest BCUT2D eigenvalue weighted by atomic mass is 32.2. The Kier molecular flexibility index (Phi) is 2.89. The third kappa shape index (κ3) is 2.47. The first-order valence-electron chi connectivity index (χ1n) is 4.73. The lowest BCUT2D eigenvalue weighted by molar-refractivity contribution is 0.353. The number of rotatable bonds is 3. The zero-order chi connectivity index (χ0) is 9.10. The third-order valence-corrected chi connectivity index (χ3v) is 3.73. The molecule has 0 nitrogen and oxygen atoms in total. The Morgan fingerprint density at radius 1 is 1.38 bits per heavy atom. The van der Waals surface area contributed by atoms with E-state index in [-0.39, 0.29) is 5.82 Å². The summed E-state index contributed by atoms with van der Waals surface area (Å²) in [5, 5.41) is 0. The molecule has 1 saturated carbocycles. The van der Waals surface area contributed by atoms with Crippen molar-refractivity contribution in [2.24, 2.45) is 5.92 Å². The molecule has 2 rings (SSSR count). The predicted molar refractivity (Wildman–Crippen MR) is 54.5 cm³/mol. The van der Waals surface area contributed by atoms with Crippen molar-refractivity contribution >= 4 is 11.8 Å². The Morgan fingerprint density at radius 2 is 2.23 bits per heavy atom. The normalized spacial score (nSPS) is 17.0. The van der Waals surface area contributed by atoms with Gasteiger partial charge in [0.25, 0.3) is 0 Å². The minimum atomic E-state index is -0.126. The lowest BCUT2D eigenvalue weighted by atomic mass is 9.87. The van der Waals surface area contributed by atoms with Gasteiger partial charge >= 0.3 is 0 Å². The van der Waals surface area contributed by atoms with E-state index in [9.17, 15) is 4.39 Å². The van der Waals surface area contributed by atoms with Gasteiger partial charge in [0.1, 0.15) is 5.82 Å². The average molecular weight is 196 g/mol. The molecule has 0 unspecified atom stereocenters. The summed E-state index contributed by atoms with van der Waals surface area (Å²) in [5.74, 6) is 1.91. The van der Waals surface area contributed by atoms with Crippen molar-refractivity contribution in [2.45, 2.75) is 24.2 Å². The van der Waals surface area contributed by atoms with Crippen LogP contribution in [0.25, 0.3) is 0 Å². The second-order valence-electron chi connectivity index (χ2n) is 3.57. The van der Waals surface area contributed by atoms with Crippen LogP contribution in [0, 0.1) is 11.7 Å². The van der Waals surface area contributed by atoms with Gasteiger partial charge in [-0.2, -0.15) is 0 Å². The number of benzene rings is 1. The Morgan fingerprint density at radius 3 is 2.85 bits per heavy atom. The lowest BCUT2D eigenvalue weighted by Gasteiger charge is -2.24. The molecule has 2 heteroatoms. The highest BCUT2D eigenvalue weighted by molar-refractivity contribution is 7.99. The minimum Gasteiger partial charge on any atom is -0.207 e. The second kappa shape index (κ2) is 4.14. The number of halogens is 1. The maximum Gasteiger partial charge on any atom is 0.124 e. The van der Waals surface area contributed by atoms with E-state index in [0.717, 1.165) is 16.6 Å². The molecule has 0 saturated heterocycles. The summed E-state index contributed by atoms with van der Waals surface area (Å²) in [6.45, 7) is 0. The van der Waals surface area contributed by atoms with Gasteiger partial charge < -0.3 is 0 Å². The summed E-state index contributed by atoms with van der Waals surface area (Å²) in [4.78, 5) is 1.06. The molecule has 0 bridgehead atoms. The molecule has 1 aliphatic carbocycles. The first kappa shape index (κ1) is 9.07. The largest absolute Gasteiger partial charge is 0.207 e. The minimum absolute atomic E-state index is 0.126. The van der Waals surface area contributed by atoms with Crippen LogP contribution in [0.5, 0.6) is 0 Å². The molecule has 0 amide bonds. The first-order chi connectivity index (χ1) is 6.34. The van der Waals surface area contributed by atoms with E-state index in [1.165, 1.54) is 25.3 Å². The molecule has 70 valence electrons. The van der Waals surface area contributed by atoms with Crippen molar-refractivity contribution in [3.63, 3.8) is 0 Å². The van der Waals surface area contributed by atoms with Crippen LogP contribution < -0.4 is 0 Å². The summed E-state index contributed by atoms with van der Waals surface area (Å²) in [7, 11) is 0. The van der Waals surface area contributed by atoms with Gasteiger partial charge in [-0.1, -0.05) is 12.5 Å². The van der Waals surface area contributed by atoms with E-state index in [0.29, 0.717) is 0 Å². The van der Waals surface area contributed by atoms with Gasteiger partial charge in [-0.25, -0.2) is 4.39 Å². The zero-order valence-electron chi connectivity index (χ0n) is 7.50. The molecule has 1 fully saturated rings. The number of hydrogen-bond donors (Lipinski definition) is 0. The van der Waals surface area contributed by atoms with Crippen LogP contribution in [0.2, 0.25) is 0 Å². The SMILES string of the molecule is Fc1cccc(SCC2CCC2)c1. The van der Waals surface area contributed by atoms with E-state index in [1.807, 2.05) is 6.07 Å². The van der Waals surface area contributed by atoms with Gasteiger partial charge in [0, 0.05) is 10.6 Å². The standard InChI is InChI=1S/C11H13FS/c12-10-5-2-6-11(7-10)13-8-9-3-1-4-9/h2,5-7,9H,1,3-4,8H2. The van der Waals surface area contributed by atoms with Gasteiger partial charge in [-0.3, -0.25) is 0 Å². The van der Waals surface area contributed by atoms with Crippen LogP contribution in [-0.4, -0.2) is 5.75 Å². The monoisotopic (exact) mass is 196 g/mol. The van der Waals surface area contributed by atoms with Crippen LogP contribution in [0.4, 0.5) is 4.39 Å². The Labute approximate surface area is 82.5 Å². The topological polar surface area (TPSA) is 0 Å². The number of hydrogen-bond acceptors (Lipinski definition) is 1. The fourth-order valence-electron chi connectivity index (χ4n) is 1.43. The van der Waals surface area contributed by atoms with Crippen LogP contribution >= 0.6 is 11.8 Å². The molecule has 0 heterocycles. The molecule has 13 heavy (non-hydrogen) atoms. The van der Waals surface area contributed by atoms with Crippen molar-refractivity contribution in [2.75, 3.05) is 5.75 Å². The van der Waals surface area contributed by atoms with Gasteiger partial charge in [0.05, 0.1) is 0 Å². The van der Waals surface area contributed by atoms with Crippen molar-refractivity contribution in [1.82, 2.24) is 0 Å². The predicted octanol–water partition coefficient (Wildman–Crippen LogP) is 3.72. The summed E-state index contributed by atoms with van der Waals surface area (Å²) >= 11 is 1.78. The van der Waals surface area contributed by atoms with Crippen molar-refractivity contribution in [3.8, 4) is 0 Å². The zero-order valence-corrected chi connectivity index (χ0v) is 8.32. The summed E-state index contributed by atoms with van der Waals surface area (Å²) in [5.41, 5.74) is 0. The van der Waals surface area contributed by atoms with Crippen molar-refractivity contribution in [1.29, 1.82) is 0 Å². The maximum atomic E-state index is 12.8. The van der Waals surface area contributed by atoms with E-state index < -0.39 is 0 Å². The maximum absolute atomic E-state index is 12.8. The summed E-state index contributed by atoms with van der Waals surface area (Å²) in [6, 6.07) is 6.86. The third-order valence-electron chi connectivity index (χ3n) is 2.51. The fraction of sp³-hybridized carbons (Fsp3) is 0.455. The average Bonchev–Trinajstić information content (AvgIpc) is 2.01. The second-order valence-corrected chi connectivity index (χ2v) is 4.66. The molecule has 1 aliphatic rings. The molecule has 0 aliphatic heterocycles. The van der Waals surface area contributed by atoms with Crippen molar-refractivity contribution < 1.29 is 4.39 Å². The van der Waals surface area contributed by atoms with E-state index in [1.54, 1.807) is 23.9 Å². The van der Waals surface area contributed by atoms with Crippen LogP contribution in [0.1, 0.15) is 19.3 Å². The molecule has 0 atom stereocenters.